The maximum absolute atomic E-state index is 12.4. The number of carbonyl (C=O) groups is 2. The molecule has 49 heavy (non-hydrogen) atoms. The van der Waals surface area contributed by atoms with Gasteiger partial charge in [0.05, 0.1) is 6.61 Å². The lowest BCUT2D eigenvalue weighted by Gasteiger charge is -2.18. The number of hydrogen-bond acceptors (Lipinski definition) is 6. The minimum Gasteiger partial charge on any atom is -0.462 e. The summed E-state index contributed by atoms with van der Waals surface area (Å²) in [5.41, 5.74) is 0. The zero-order chi connectivity index (χ0) is 36.1. The van der Waals surface area contributed by atoms with Gasteiger partial charge in [0, 0.05) is 12.8 Å². The Hall–Kier alpha value is -2.25. The fourth-order valence-electron chi connectivity index (χ4n) is 4.88. The summed E-state index contributed by atoms with van der Waals surface area (Å²) in [6.07, 6.45) is 43.7. The van der Waals surface area contributed by atoms with Crippen LogP contribution in [0.3, 0.4) is 0 Å². The van der Waals surface area contributed by atoms with Crippen LogP contribution in [0.1, 0.15) is 162 Å². The van der Waals surface area contributed by atoms with Crippen LogP contribution in [0.2, 0.25) is 0 Å². The van der Waals surface area contributed by atoms with E-state index in [-0.39, 0.29) is 19.4 Å². The fourth-order valence-corrected chi connectivity index (χ4v) is 5.24. The van der Waals surface area contributed by atoms with E-state index in [0.717, 1.165) is 77.0 Å². The van der Waals surface area contributed by atoms with Gasteiger partial charge in [0.1, 0.15) is 6.61 Å². The number of phosphoric ester groups is 1. The zero-order valence-electron chi connectivity index (χ0n) is 30.8. The first kappa shape index (κ1) is 46.8. The first-order valence-corrected chi connectivity index (χ1v) is 20.6. The van der Waals surface area contributed by atoms with E-state index in [9.17, 15) is 14.2 Å². The van der Waals surface area contributed by atoms with E-state index >= 15 is 0 Å². The minimum atomic E-state index is -4.76. The first-order chi connectivity index (χ1) is 23.8. The molecule has 0 aliphatic rings. The topological polar surface area (TPSA) is 119 Å². The van der Waals surface area contributed by atoms with Gasteiger partial charge in [-0.1, -0.05) is 126 Å². The number of phosphoric acid groups is 1. The molecule has 9 heteroatoms. The third-order valence-corrected chi connectivity index (χ3v) is 8.24. The van der Waals surface area contributed by atoms with E-state index in [4.69, 9.17) is 19.3 Å². The summed E-state index contributed by atoms with van der Waals surface area (Å²) in [5.74, 6) is -0.937. The van der Waals surface area contributed by atoms with E-state index in [2.05, 4.69) is 79.1 Å². The fraction of sp³-hybridized carbons (Fsp3) is 0.700. The molecule has 0 saturated heterocycles. The Morgan fingerprint density at radius 1 is 0.531 bits per heavy atom. The second kappa shape index (κ2) is 35.6. The molecule has 0 aromatic heterocycles. The monoisotopic (exact) mass is 708 g/mol. The van der Waals surface area contributed by atoms with Crippen molar-refractivity contribution in [1.82, 2.24) is 0 Å². The van der Waals surface area contributed by atoms with Crippen LogP contribution < -0.4 is 0 Å². The number of hydrogen-bond donors (Lipinski definition) is 2. The van der Waals surface area contributed by atoms with Gasteiger partial charge in [-0.2, -0.15) is 0 Å². The van der Waals surface area contributed by atoms with E-state index in [1.807, 2.05) is 0 Å². The Kier molecular flexibility index (Phi) is 33.9. The van der Waals surface area contributed by atoms with Crippen molar-refractivity contribution in [2.45, 2.75) is 168 Å². The highest BCUT2D eigenvalue weighted by Gasteiger charge is 2.22. The summed E-state index contributed by atoms with van der Waals surface area (Å²) in [5, 5.41) is 0. The van der Waals surface area contributed by atoms with E-state index in [1.54, 1.807) is 0 Å². The van der Waals surface area contributed by atoms with E-state index in [1.165, 1.54) is 44.9 Å². The van der Waals surface area contributed by atoms with Crippen molar-refractivity contribution in [2.75, 3.05) is 13.2 Å². The van der Waals surface area contributed by atoms with E-state index in [0.29, 0.717) is 12.8 Å². The molecule has 0 aromatic rings. The maximum Gasteiger partial charge on any atom is 0.469 e. The zero-order valence-corrected chi connectivity index (χ0v) is 31.7. The predicted molar refractivity (Wildman–Crippen MR) is 202 cm³/mol. The number of allylic oxidation sites excluding steroid dienone is 10. The average molecular weight is 709 g/mol. The van der Waals surface area contributed by atoms with Gasteiger partial charge in [0.2, 0.25) is 0 Å². The quantitative estimate of drug-likeness (QED) is 0.0293. The molecule has 0 aliphatic carbocycles. The Labute approximate surface area is 298 Å². The molecule has 0 bridgehead atoms. The summed E-state index contributed by atoms with van der Waals surface area (Å²) in [4.78, 5) is 42.7. The number of ether oxygens (including phenoxy) is 2. The van der Waals surface area contributed by atoms with Crippen LogP contribution in [0.4, 0.5) is 0 Å². The standard InChI is InChI=1S/C40H69O8P/c1-3-5-7-9-11-13-15-17-18-19-20-21-22-23-25-27-29-31-33-35-40(42)48-38(37-47-49(43,44)45)36-46-39(41)34-32-30-28-26-24-16-14-12-10-8-6-4-2/h11-14,17-18,20-21,23,25,38H,3-10,15-16,19,22,24,26-37H2,1-2H3,(H2,43,44,45)/b13-11-,14-12-,18-17-,21-20-,25-23-/t38-/m1/s1. The van der Waals surface area contributed by atoms with Crippen LogP contribution in [-0.2, 0) is 28.2 Å². The molecule has 0 fully saturated rings. The predicted octanol–water partition coefficient (Wildman–Crippen LogP) is 11.3. The smallest absolute Gasteiger partial charge is 0.462 e. The summed E-state index contributed by atoms with van der Waals surface area (Å²) >= 11 is 0. The third kappa shape index (κ3) is 38.4. The van der Waals surface area contributed by atoms with Crippen LogP contribution in [-0.4, -0.2) is 41.0 Å². The Balaban J connectivity index is 4.06. The lowest BCUT2D eigenvalue weighted by Crippen LogP contribution is -2.29. The molecule has 0 amide bonds. The second-order valence-corrected chi connectivity index (χ2v) is 13.8. The largest absolute Gasteiger partial charge is 0.469 e. The molecule has 8 nitrogen and oxygen atoms in total. The van der Waals surface area contributed by atoms with Crippen LogP contribution in [0.5, 0.6) is 0 Å². The van der Waals surface area contributed by atoms with Gasteiger partial charge in [-0.05, 0) is 83.5 Å². The third-order valence-electron chi connectivity index (χ3n) is 7.76. The first-order valence-electron chi connectivity index (χ1n) is 19.1. The SMILES string of the molecule is CCCCC/C=C\C/C=C\C/C=C\C/C=C\CCCCCC(=O)O[C@H](COC(=O)CCCCCCC/C=C\CCCCC)COP(=O)(O)O. The normalized spacial score (nSPS) is 13.1. The van der Waals surface area contributed by atoms with Gasteiger partial charge in [0.25, 0.3) is 0 Å². The van der Waals surface area contributed by atoms with Gasteiger partial charge in [-0.15, -0.1) is 0 Å². The molecule has 0 saturated carbocycles. The van der Waals surface area contributed by atoms with Crippen molar-refractivity contribution < 1.29 is 37.9 Å². The highest BCUT2D eigenvalue weighted by molar-refractivity contribution is 7.46. The number of carbonyl (C=O) groups excluding carboxylic acids is 2. The Morgan fingerprint density at radius 2 is 0.918 bits per heavy atom. The lowest BCUT2D eigenvalue weighted by atomic mass is 10.1. The molecular formula is C40H69O8P. The van der Waals surface area contributed by atoms with Crippen molar-refractivity contribution >= 4 is 19.8 Å². The second-order valence-electron chi connectivity index (χ2n) is 12.5. The molecule has 0 heterocycles. The molecule has 0 rings (SSSR count). The van der Waals surface area contributed by atoms with Crippen molar-refractivity contribution in [3.8, 4) is 0 Å². The highest BCUT2D eigenvalue weighted by atomic mass is 31.2. The van der Waals surface area contributed by atoms with E-state index < -0.39 is 32.5 Å². The number of rotatable bonds is 34. The Bertz CT molecular complexity index is 979. The molecule has 0 radical (unpaired) electrons. The Morgan fingerprint density at radius 3 is 1.41 bits per heavy atom. The van der Waals surface area contributed by atoms with Gasteiger partial charge in [-0.25, -0.2) is 4.57 Å². The molecular weight excluding hydrogens is 639 g/mol. The van der Waals surface area contributed by atoms with Gasteiger partial charge in [-0.3, -0.25) is 14.1 Å². The molecule has 0 spiro atoms. The average Bonchev–Trinajstić information content (AvgIpc) is 3.07. The molecule has 282 valence electrons. The van der Waals surface area contributed by atoms with Crippen molar-refractivity contribution in [3.05, 3.63) is 60.8 Å². The van der Waals surface area contributed by atoms with Gasteiger partial charge < -0.3 is 19.3 Å². The molecule has 1 atom stereocenters. The van der Waals surface area contributed by atoms with Crippen molar-refractivity contribution in [1.29, 1.82) is 0 Å². The summed E-state index contributed by atoms with van der Waals surface area (Å²) in [6.45, 7) is 3.58. The molecule has 0 unspecified atom stereocenters. The van der Waals surface area contributed by atoms with Gasteiger partial charge in [0.15, 0.2) is 6.10 Å². The highest BCUT2D eigenvalue weighted by Crippen LogP contribution is 2.36. The molecule has 2 N–H and O–H groups in total. The van der Waals surface area contributed by atoms with Crippen LogP contribution >= 0.6 is 7.82 Å². The lowest BCUT2D eigenvalue weighted by molar-refractivity contribution is -0.161. The molecule has 0 aromatic carbocycles. The minimum absolute atomic E-state index is 0.170. The van der Waals surface area contributed by atoms with Crippen LogP contribution in [0, 0.1) is 0 Å². The summed E-state index contributed by atoms with van der Waals surface area (Å²) in [7, 11) is -4.76. The van der Waals surface area contributed by atoms with Crippen molar-refractivity contribution in [2.24, 2.45) is 0 Å². The number of esters is 2. The summed E-state index contributed by atoms with van der Waals surface area (Å²) in [6, 6.07) is 0. The van der Waals surface area contributed by atoms with Crippen LogP contribution in [0.25, 0.3) is 0 Å². The maximum atomic E-state index is 12.4. The number of unbranched alkanes of at least 4 members (excludes halogenated alkanes) is 14. The van der Waals surface area contributed by atoms with Gasteiger partial charge >= 0.3 is 19.8 Å². The van der Waals surface area contributed by atoms with Crippen molar-refractivity contribution in [3.63, 3.8) is 0 Å². The summed E-state index contributed by atoms with van der Waals surface area (Å²) < 4.78 is 26.3. The molecule has 0 aliphatic heterocycles. The van der Waals surface area contributed by atoms with Crippen LogP contribution in [0.15, 0.2) is 60.8 Å².